The molecule has 1 aromatic rings. The number of phenolic OH excluding ortho intramolecular Hbond substituents is 1. The molecule has 0 radical (unpaired) electrons. The molecule has 1 atom stereocenters. The van der Waals surface area contributed by atoms with Crippen molar-refractivity contribution in [1.82, 2.24) is 0 Å². The summed E-state index contributed by atoms with van der Waals surface area (Å²) in [5, 5.41) is 9.53. The molecule has 0 aliphatic carbocycles. The first-order chi connectivity index (χ1) is 6.69. The summed E-state index contributed by atoms with van der Waals surface area (Å²) in [5.41, 5.74) is 12.8. The first kappa shape index (κ1) is 11.0. The number of methoxy groups -OCH3 is 1. The van der Waals surface area contributed by atoms with Crippen LogP contribution in [-0.4, -0.2) is 18.8 Å². The first-order valence-electron chi connectivity index (χ1n) is 4.45. The fourth-order valence-electron chi connectivity index (χ4n) is 1.28. The number of hydrogen-bond donors (Lipinski definition) is 3. The molecule has 14 heavy (non-hydrogen) atoms. The van der Waals surface area contributed by atoms with E-state index in [4.69, 9.17) is 16.2 Å². The average Bonchev–Trinajstić information content (AvgIpc) is 2.20. The number of ether oxygens (including phenoxy) is 1. The normalized spacial score (nSPS) is 12.8. The van der Waals surface area contributed by atoms with E-state index in [1.807, 2.05) is 6.07 Å². The molecule has 0 heterocycles. The molecule has 78 valence electrons. The van der Waals surface area contributed by atoms with Crippen LogP contribution in [0.25, 0.3) is 0 Å². The lowest BCUT2D eigenvalue weighted by Crippen LogP contribution is -2.21. The Hall–Kier alpha value is -1.10. The van der Waals surface area contributed by atoms with E-state index in [-0.39, 0.29) is 11.8 Å². The molecule has 1 rings (SSSR count). The fraction of sp³-hybridized carbons (Fsp3) is 0.400. The highest BCUT2D eigenvalue weighted by Gasteiger charge is 2.09. The average molecular weight is 196 g/mol. The molecule has 5 N–H and O–H groups in total. The van der Waals surface area contributed by atoms with Crippen LogP contribution in [0.15, 0.2) is 18.2 Å². The second kappa shape index (κ2) is 4.95. The molecule has 1 aromatic carbocycles. The molecule has 4 heteroatoms. The Labute approximate surface area is 83.5 Å². The molecule has 0 saturated heterocycles. The van der Waals surface area contributed by atoms with E-state index < -0.39 is 0 Å². The van der Waals surface area contributed by atoms with Gasteiger partial charge in [-0.25, -0.2) is 0 Å². The van der Waals surface area contributed by atoms with Crippen molar-refractivity contribution in [1.29, 1.82) is 0 Å². The Balaban J connectivity index is 2.95. The van der Waals surface area contributed by atoms with Crippen LogP contribution in [0.4, 0.5) is 0 Å². The minimum Gasteiger partial charge on any atom is -0.508 e. The third kappa shape index (κ3) is 2.45. The first-order valence-corrected chi connectivity index (χ1v) is 4.45. The van der Waals surface area contributed by atoms with E-state index in [0.717, 1.165) is 5.56 Å². The maximum atomic E-state index is 9.53. The van der Waals surface area contributed by atoms with Gasteiger partial charge in [0.05, 0.1) is 6.61 Å². The van der Waals surface area contributed by atoms with Crippen LogP contribution in [0.1, 0.15) is 17.2 Å². The van der Waals surface area contributed by atoms with Crippen molar-refractivity contribution in [3.05, 3.63) is 29.3 Å². The summed E-state index contributed by atoms with van der Waals surface area (Å²) in [6, 6.07) is 4.90. The highest BCUT2D eigenvalue weighted by Crippen LogP contribution is 2.23. The molecule has 0 unspecified atom stereocenters. The number of nitrogens with two attached hydrogens (primary N) is 2. The van der Waals surface area contributed by atoms with Crippen molar-refractivity contribution >= 4 is 0 Å². The lowest BCUT2D eigenvalue weighted by Gasteiger charge is -2.12. The van der Waals surface area contributed by atoms with Gasteiger partial charge in [-0.3, -0.25) is 0 Å². The molecule has 0 amide bonds. The van der Waals surface area contributed by atoms with Gasteiger partial charge in [0.25, 0.3) is 0 Å². The monoisotopic (exact) mass is 196 g/mol. The van der Waals surface area contributed by atoms with Crippen LogP contribution in [0.2, 0.25) is 0 Å². The number of benzene rings is 1. The Kier molecular flexibility index (Phi) is 3.88. The van der Waals surface area contributed by atoms with Crippen molar-refractivity contribution in [3.8, 4) is 5.75 Å². The molecular formula is C10H16N2O2. The van der Waals surface area contributed by atoms with Gasteiger partial charge in [-0.2, -0.15) is 0 Å². The van der Waals surface area contributed by atoms with Gasteiger partial charge in [0.15, 0.2) is 0 Å². The second-order valence-electron chi connectivity index (χ2n) is 3.17. The fourth-order valence-corrected chi connectivity index (χ4v) is 1.28. The van der Waals surface area contributed by atoms with Gasteiger partial charge in [0.1, 0.15) is 5.75 Å². The summed E-state index contributed by atoms with van der Waals surface area (Å²) in [7, 11) is 1.62. The van der Waals surface area contributed by atoms with Gasteiger partial charge in [-0.1, -0.05) is 6.07 Å². The van der Waals surface area contributed by atoms with Gasteiger partial charge >= 0.3 is 0 Å². The summed E-state index contributed by atoms with van der Waals surface area (Å²) in [5.74, 6) is 0.183. The van der Waals surface area contributed by atoms with Crippen molar-refractivity contribution in [2.45, 2.75) is 12.6 Å². The largest absolute Gasteiger partial charge is 0.508 e. The molecule has 0 saturated carbocycles. The van der Waals surface area contributed by atoms with Gasteiger partial charge in [-0.15, -0.1) is 0 Å². The minimum absolute atomic E-state index is 0.183. The van der Waals surface area contributed by atoms with Crippen LogP contribution in [0.5, 0.6) is 5.75 Å². The number of rotatable bonds is 4. The van der Waals surface area contributed by atoms with Crippen LogP contribution < -0.4 is 11.5 Å². The zero-order valence-electron chi connectivity index (χ0n) is 8.23. The van der Waals surface area contributed by atoms with E-state index in [1.165, 1.54) is 0 Å². The van der Waals surface area contributed by atoms with Crippen molar-refractivity contribution < 1.29 is 9.84 Å². The van der Waals surface area contributed by atoms with E-state index in [0.29, 0.717) is 18.7 Å². The SMILES string of the molecule is COCc1ccc(O)c([C@@H](N)CN)c1. The Morgan fingerprint density at radius 2 is 2.21 bits per heavy atom. The smallest absolute Gasteiger partial charge is 0.120 e. The van der Waals surface area contributed by atoms with Crippen LogP contribution >= 0.6 is 0 Å². The molecule has 0 aromatic heterocycles. The quantitative estimate of drug-likeness (QED) is 0.655. The minimum atomic E-state index is -0.327. The Bertz CT molecular complexity index is 302. The van der Waals surface area contributed by atoms with E-state index in [2.05, 4.69) is 0 Å². The van der Waals surface area contributed by atoms with Crippen LogP contribution in [0.3, 0.4) is 0 Å². The molecule has 4 nitrogen and oxygen atoms in total. The molecule has 0 aliphatic heterocycles. The third-order valence-electron chi connectivity index (χ3n) is 2.06. The predicted molar refractivity (Wildman–Crippen MR) is 54.8 cm³/mol. The number of hydrogen-bond acceptors (Lipinski definition) is 4. The second-order valence-corrected chi connectivity index (χ2v) is 3.17. The highest BCUT2D eigenvalue weighted by atomic mass is 16.5. The van der Waals surface area contributed by atoms with E-state index in [1.54, 1.807) is 19.2 Å². The zero-order chi connectivity index (χ0) is 10.6. The van der Waals surface area contributed by atoms with Gasteiger partial charge in [0.2, 0.25) is 0 Å². The standard InChI is InChI=1S/C10H16N2O2/c1-14-6-7-2-3-10(13)8(4-7)9(12)5-11/h2-4,9,13H,5-6,11-12H2,1H3/t9-/m0/s1. The van der Waals surface area contributed by atoms with Gasteiger partial charge < -0.3 is 21.3 Å². The lowest BCUT2D eigenvalue weighted by atomic mass is 10.0. The Morgan fingerprint density at radius 1 is 1.50 bits per heavy atom. The molecular weight excluding hydrogens is 180 g/mol. The summed E-state index contributed by atoms with van der Waals surface area (Å²) in [4.78, 5) is 0. The zero-order valence-corrected chi connectivity index (χ0v) is 8.23. The van der Waals surface area contributed by atoms with Crippen molar-refractivity contribution in [2.75, 3.05) is 13.7 Å². The molecule has 0 bridgehead atoms. The maximum absolute atomic E-state index is 9.53. The highest BCUT2D eigenvalue weighted by molar-refractivity contribution is 5.38. The maximum Gasteiger partial charge on any atom is 0.120 e. The molecule has 0 aliphatic rings. The summed E-state index contributed by atoms with van der Waals surface area (Å²) in [6.07, 6.45) is 0. The summed E-state index contributed by atoms with van der Waals surface area (Å²) < 4.78 is 4.98. The lowest BCUT2D eigenvalue weighted by molar-refractivity contribution is 0.184. The van der Waals surface area contributed by atoms with Gasteiger partial charge in [-0.05, 0) is 17.7 Å². The topological polar surface area (TPSA) is 81.5 Å². The summed E-state index contributed by atoms with van der Waals surface area (Å²) >= 11 is 0. The van der Waals surface area contributed by atoms with Crippen molar-refractivity contribution in [2.24, 2.45) is 11.5 Å². The van der Waals surface area contributed by atoms with Gasteiger partial charge in [0, 0.05) is 25.3 Å². The van der Waals surface area contributed by atoms with E-state index in [9.17, 15) is 5.11 Å². The van der Waals surface area contributed by atoms with Crippen molar-refractivity contribution in [3.63, 3.8) is 0 Å². The number of aromatic hydroxyl groups is 1. The Morgan fingerprint density at radius 3 is 2.79 bits per heavy atom. The van der Waals surface area contributed by atoms with E-state index >= 15 is 0 Å². The molecule has 0 fully saturated rings. The van der Waals surface area contributed by atoms with Crippen LogP contribution in [-0.2, 0) is 11.3 Å². The molecule has 0 spiro atoms. The van der Waals surface area contributed by atoms with Crippen LogP contribution in [0, 0.1) is 0 Å². The summed E-state index contributed by atoms with van der Waals surface area (Å²) in [6.45, 7) is 0.814. The predicted octanol–water partition coefficient (Wildman–Crippen LogP) is 0.497. The number of phenols is 1. The third-order valence-corrected chi connectivity index (χ3v) is 2.06.